The van der Waals surface area contributed by atoms with E-state index in [0.717, 1.165) is 15.7 Å². The molecule has 0 amide bonds. The molecule has 0 saturated heterocycles. The lowest BCUT2D eigenvalue weighted by molar-refractivity contribution is 0.429. The summed E-state index contributed by atoms with van der Waals surface area (Å²) in [6, 6.07) is 16.5. The van der Waals surface area contributed by atoms with Crippen LogP contribution in [0.5, 0.6) is 5.88 Å². The van der Waals surface area contributed by atoms with Gasteiger partial charge in [0.1, 0.15) is 5.56 Å². The van der Waals surface area contributed by atoms with Gasteiger partial charge in [-0.2, -0.15) is 0 Å². The van der Waals surface area contributed by atoms with Gasteiger partial charge in [0.25, 0.3) is 5.56 Å². The molecule has 0 aliphatic rings. The van der Waals surface area contributed by atoms with E-state index in [0.29, 0.717) is 5.69 Å². The number of hydrogen-bond acceptors (Lipinski definition) is 3. The Bertz CT molecular complexity index is 1070. The van der Waals surface area contributed by atoms with Gasteiger partial charge in [-0.15, -0.1) is 5.73 Å². The summed E-state index contributed by atoms with van der Waals surface area (Å²) < 4.78 is 1.05. The van der Waals surface area contributed by atoms with Crippen molar-refractivity contribution in [2.45, 2.75) is 6.92 Å². The van der Waals surface area contributed by atoms with E-state index in [1.54, 1.807) is 18.2 Å². The first kappa shape index (κ1) is 16.3. The number of aromatic hydroxyl groups is 1. The number of benzene rings is 2. The molecule has 5 heteroatoms. The Morgan fingerprint density at radius 3 is 2.36 bits per heavy atom. The zero-order valence-corrected chi connectivity index (χ0v) is 13.6. The lowest BCUT2D eigenvalue weighted by Gasteiger charge is -2.09. The first-order valence-corrected chi connectivity index (χ1v) is 7.69. The number of H-pyrrole nitrogens is 1. The topological polar surface area (TPSA) is 75.1 Å². The summed E-state index contributed by atoms with van der Waals surface area (Å²) in [4.78, 5) is 26.3. The van der Waals surface area contributed by atoms with Crippen molar-refractivity contribution >= 4 is 12.2 Å². The third-order valence-electron chi connectivity index (χ3n) is 3.69. The maximum Gasteiger partial charge on any atom is 0.335 e. The molecule has 0 aliphatic carbocycles. The second kappa shape index (κ2) is 6.91. The van der Waals surface area contributed by atoms with Crippen LogP contribution in [0.15, 0.2) is 69.9 Å². The molecule has 2 aromatic carbocycles. The van der Waals surface area contributed by atoms with E-state index in [9.17, 15) is 14.7 Å². The monoisotopic (exact) mass is 332 g/mol. The van der Waals surface area contributed by atoms with Crippen molar-refractivity contribution < 1.29 is 5.11 Å². The Morgan fingerprint density at radius 1 is 1.00 bits per heavy atom. The van der Waals surface area contributed by atoms with Crippen LogP contribution in [0.25, 0.3) is 17.8 Å². The molecule has 3 aromatic rings. The summed E-state index contributed by atoms with van der Waals surface area (Å²) in [5.74, 6) is -0.424. The van der Waals surface area contributed by atoms with Crippen LogP contribution in [0.3, 0.4) is 0 Å². The second-order valence-corrected chi connectivity index (χ2v) is 5.53. The van der Waals surface area contributed by atoms with Crippen molar-refractivity contribution in [2.75, 3.05) is 0 Å². The van der Waals surface area contributed by atoms with E-state index in [1.165, 1.54) is 6.08 Å². The van der Waals surface area contributed by atoms with Crippen LogP contribution in [0.4, 0.5) is 0 Å². The predicted molar refractivity (Wildman–Crippen MR) is 97.9 cm³/mol. The van der Waals surface area contributed by atoms with Gasteiger partial charge in [0.2, 0.25) is 5.88 Å². The van der Waals surface area contributed by atoms with Gasteiger partial charge in [-0.05, 0) is 36.8 Å². The highest BCUT2D eigenvalue weighted by molar-refractivity contribution is 5.60. The Morgan fingerprint density at radius 2 is 1.68 bits per heavy atom. The minimum atomic E-state index is -0.699. The van der Waals surface area contributed by atoms with Gasteiger partial charge < -0.3 is 5.11 Å². The van der Waals surface area contributed by atoms with Gasteiger partial charge in [-0.25, -0.2) is 9.36 Å². The maximum absolute atomic E-state index is 12.1. The first-order valence-electron chi connectivity index (χ1n) is 7.69. The minimum Gasteiger partial charge on any atom is -0.494 e. The van der Waals surface area contributed by atoms with E-state index < -0.39 is 17.1 Å². The van der Waals surface area contributed by atoms with E-state index in [4.69, 9.17) is 0 Å². The Balaban J connectivity index is 2.11. The number of nitrogens with one attached hydrogen (secondary N) is 1. The second-order valence-electron chi connectivity index (χ2n) is 5.53. The van der Waals surface area contributed by atoms with Crippen molar-refractivity contribution in [3.63, 3.8) is 0 Å². The van der Waals surface area contributed by atoms with Crippen LogP contribution < -0.4 is 11.2 Å². The average molecular weight is 332 g/mol. The van der Waals surface area contributed by atoms with Gasteiger partial charge in [-0.1, -0.05) is 48.0 Å². The highest BCUT2D eigenvalue weighted by atomic mass is 16.3. The van der Waals surface area contributed by atoms with Crippen molar-refractivity contribution in [1.29, 1.82) is 0 Å². The molecule has 0 atom stereocenters. The van der Waals surface area contributed by atoms with Crippen LogP contribution in [-0.2, 0) is 0 Å². The van der Waals surface area contributed by atoms with E-state index >= 15 is 0 Å². The summed E-state index contributed by atoms with van der Waals surface area (Å²) in [7, 11) is 0. The molecule has 0 spiro atoms. The smallest absolute Gasteiger partial charge is 0.335 e. The fourth-order valence-electron chi connectivity index (χ4n) is 2.37. The summed E-state index contributed by atoms with van der Waals surface area (Å²) in [6.45, 7) is 1.92. The summed E-state index contributed by atoms with van der Waals surface area (Å²) >= 11 is 0. The molecule has 1 aromatic heterocycles. The van der Waals surface area contributed by atoms with Gasteiger partial charge in [0, 0.05) is 0 Å². The number of rotatable bonds is 3. The molecular weight excluding hydrogens is 316 g/mol. The molecule has 0 fully saturated rings. The number of aryl methyl sites for hydroxylation is 1. The number of aromatic nitrogens is 2. The lowest BCUT2D eigenvalue weighted by atomic mass is 10.2. The predicted octanol–water partition coefficient (Wildman–Crippen LogP) is 2.87. The van der Waals surface area contributed by atoms with Crippen LogP contribution in [0, 0.1) is 6.92 Å². The molecule has 3 rings (SSSR count). The molecule has 0 aliphatic heterocycles. The van der Waals surface area contributed by atoms with Gasteiger partial charge in [-0.3, -0.25) is 9.78 Å². The summed E-state index contributed by atoms with van der Waals surface area (Å²) in [5, 5.41) is 10.4. The molecule has 5 nitrogen and oxygen atoms in total. The zero-order chi connectivity index (χ0) is 17.8. The number of nitrogens with zero attached hydrogens (tertiary/aromatic N) is 1. The average Bonchev–Trinajstić information content (AvgIpc) is 2.60. The normalized spacial score (nSPS) is 10.1. The number of aromatic amines is 1. The Labute approximate surface area is 143 Å². The summed E-state index contributed by atoms with van der Waals surface area (Å²) in [6.07, 6.45) is 3.03. The van der Waals surface area contributed by atoms with E-state index in [1.807, 2.05) is 49.4 Å². The molecule has 0 saturated carbocycles. The van der Waals surface area contributed by atoms with Crippen molar-refractivity contribution in [1.82, 2.24) is 9.55 Å². The van der Waals surface area contributed by atoms with Crippen molar-refractivity contribution in [3.8, 4) is 11.6 Å². The van der Waals surface area contributed by atoms with Crippen molar-refractivity contribution in [3.05, 3.63) is 97.9 Å². The van der Waals surface area contributed by atoms with Gasteiger partial charge >= 0.3 is 5.69 Å². The van der Waals surface area contributed by atoms with E-state index in [-0.39, 0.29) is 5.56 Å². The third-order valence-corrected chi connectivity index (χ3v) is 3.69. The lowest BCUT2D eigenvalue weighted by Crippen LogP contribution is -2.30. The van der Waals surface area contributed by atoms with E-state index in [2.05, 4.69) is 10.7 Å². The molecular formula is C20H16N2O3. The number of hydrogen-bond donors (Lipinski definition) is 2. The molecule has 0 bridgehead atoms. The fraction of sp³-hybridized carbons (Fsp3) is 0.0500. The molecule has 1 heterocycles. The highest BCUT2D eigenvalue weighted by Gasteiger charge is 2.13. The highest BCUT2D eigenvalue weighted by Crippen LogP contribution is 2.17. The third kappa shape index (κ3) is 3.52. The molecule has 0 radical (unpaired) electrons. The molecule has 25 heavy (non-hydrogen) atoms. The van der Waals surface area contributed by atoms with Crippen LogP contribution in [-0.4, -0.2) is 14.7 Å². The standard InChI is InChI=1S/C20H16N2O3/c1-14-10-12-16(13-11-14)22-19(24)17(18(23)21-20(22)25)9-5-8-15-6-3-2-4-7-15/h2-4,6-13,24H,1H3,(H,21,23,25). The minimum absolute atomic E-state index is 0.0349. The fourth-order valence-corrected chi connectivity index (χ4v) is 2.37. The van der Waals surface area contributed by atoms with Gasteiger partial charge in [0.05, 0.1) is 5.69 Å². The molecule has 124 valence electrons. The van der Waals surface area contributed by atoms with Crippen molar-refractivity contribution in [2.24, 2.45) is 0 Å². The maximum atomic E-state index is 12.1. The molecule has 0 unspecified atom stereocenters. The van der Waals surface area contributed by atoms with Gasteiger partial charge in [0.15, 0.2) is 0 Å². The Kier molecular flexibility index (Phi) is 4.50. The zero-order valence-electron chi connectivity index (χ0n) is 13.6. The quantitative estimate of drug-likeness (QED) is 0.724. The largest absolute Gasteiger partial charge is 0.494 e. The SMILES string of the molecule is Cc1ccc(-n2c(O)c(C=C=Cc3ccccc3)c(=O)[nH]c2=O)cc1. The first-order chi connectivity index (χ1) is 12.1. The molecule has 2 N–H and O–H groups in total. The summed E-state index contributed by atoms with van der Waals surface area (Å²) in [5.41, 5.74) is 3.85. The van der Waals surface area contributed by atoms with Crippen LogP contribution in [0.1, 0.15) is 16.7 Å². The van der Waals surface area contributed by atoms with Crippen LogP contribution >= 0.6 is 0 Å². The Hall–Kier alpha value is -3.56. The van der Waals surface area contributed by atoms with Crippen LogP contribution in [0.2, 0.25) is 0 Å².